The van der Waals surface area contributed by atoms with Crippen LogP contribution in [0.5, 0.6) is 11.5 Å². The minimum Gasteiger partial charge on any atom is -0.490 e. The topological polar surface area (TPSA) is 129 Å². The summed E-state index contributed by atoms with van der Waals surface area (Å²) in [4.78, 5) is 4.38. The van der Waals surface area contributed by atoms with E-state index in [-0.39, 0.29) is 10.9 Å². The molecule has 0 saturated heterocycles. The average molecular weight is 390 g/mol. The summed E-state index contributed by atoms with van der Waals surface area (Å²) >= 11 is 0. The van der Waals surface area contributed by atoms with Gasteiger partial charge in [0.1, 0.15) is 0 Å². The first kappa shape index (κ1) is 19.0. The molecule has 1 heterocycles. The van der Waals surface area contributed by atoms with Crippen molar-refractivity contribution in [2.75, 3.05) is 18.5 Å². The molecule has 0 atom stereocenters. The van der Waals surface area contributed by atoms with Crippen LogP contribution in [0.1, 0.15) is 17.5 Å². The number of nitrogens with one attached hydrogen (secondary N) is 1. The van der Waals surface area contributed by atoms with Crippen molar-refractivity contribution < 1.29 is 17.9 Å². The maximum Gasteiger partial charge on any atom is 0.238 e. The number of rotatable bonds is 4. The van der Waals surface area contributed by atoms with Crippen LogP contribution in [-0.4, -0.2) is 27.6 Å². The highest BCUT2D eigenvalue weighted by Gasteiger charge is 2.11. The lowest BCUT2D eigenvalue weighted by Gasteiger charge is -2.11. The van der Waals surface area contributed by atoms with Crippen molar-refractivity contribution in [3.8, 4) is 11.5 Å². The average Bonchev–Trinajstić information content (AvgIpc) is 2.84. The number of hydrogen-bond donors (Lipinski definition) is 3. The highest BCUT2D eigenvalue weighted by atomic mass is 32.2. The summed E-state index contributed by atoms with van der Waals surface area (Å²) in [7, 11) is -3.72. The Morgan fingerprint density at radius 1 is 1.15 bits per heavy atom. The lowest BCUT2D eigenvalue weighted by atomic mass is 10.1. The third kappa shape index (κ3) is 4.89. The summed E-state index contributed by atoms with van der Waals surface area (Å²) in [5, 5.41) is 8.15. The molecule has 0 aromatic heterocycles. The fourth-order valence-corrected chi connectivity index (χ4v) is 3.22. The van der Waals surface area contributed by atoms with Gasteiger partial charge in [-0.2, -0.15) is 0 Å². The predicted octanol–water partition coefficient (Wildman–Crippen LogP) is 1.73. The van der Waals surface area contributed by atoms with Gasteiger partial charge in [-0.25, -0.2) is 18.5 Å². The van der Waals surface area contributed by atoms with Crippen LogP contribution in [0.2, 0.25) is 0 Å². The molecule has 5 N–H and O–H groups in total. The number of primary sulfonamides is 1. The van der Waals surface area contributed by atoms with Crippen LogP contribution >= 0.6 is 0 Å². The van der Waals surface area contributed by atoms with E-state index in [0.717, 1.165) is 23.2 Å². The third-order valence-electron chi connectivity index (χ3n) is 4.08. The molecule has 8 nitrogen and oxygen atoms in total. The van der Waals surface area contributed by atoms with Gasteiger partial charge in [0.05, 0.1) is 24.7 Å². The molecule has 0 radical (unpaired) electrons. The maximum absolute atomic E-state index is 11.4. The smallest absolute Gasteiger partial charge is 0.238 e. The molecule has 0 amide bonds. The molecule has 0 aliphatic carbocycles. The number of nitrogens with zero attached hydrogens (tertiary/aromatic N) is 1. The highest BCUT2D eigenvalue weighted by molar-refractivity contribution is 7.89. The van der Waals surface area contributed by atoms with E-state index in [0.29, 0.717) is 31.3 Å². The zero-order chi connectivity index (χ0) is 19.4. The van der Waals surface area contributed by atoms with Crippen molar-refractivity contribution in [1.82, 2.24) is 0 Å². The van der Waals surface area contributed by atoms with Gasteiger partial charge in [-0.15, -0.1) is 0 Å². The molecule has 3 rings (SSSR count). The molecule has 0 spiro atoms. The molecule has 1 aliphatic rings. The standard InChI is InChI=1S/C18H22N4O4S/c1-12-9-15(27(20,23)24)5-3-13(12)11-21-18(19)22-14-4-6-16-17(10-14)26-8-2-7-25-16/h3-6,9-10H,2,7-8,11H2,1H3,(H3,19,21,22)(H2,20,23,24). The molecule has 0 bridgehead atoms. The molecule has 0 saturated carbocycles. The first-order valence-electron chi connectivity index (χ1n) is 8.42. The van der Waals surface area contributed by atoms with Gasteiger partial charge in [0, 0.05) is 18.2 Å². The van der Waals surface area contributed by atoms with Gasteiger partial charge >= 0.3 is 0 Å². The summed E-state index contributed by atoms with van der Waals surface area (Å²) < 4.78 is 34.0. The van der Waals surface area contributed by atoms with Gasteiger partial charge in [0.2, 0.25) is 10.0 Å². The Labute approximate surface area is 158 Å². The van der Waals surface area contributed by atoms with Gasteiger partial charge in [0.15, 0.2) is 17.5 Å². The Hall–Kier alpha value is -2.78. The van der Waals surface area contributed by atoms with E-state index in [9.17, 15) is 8.42 Å². The number of aryl methyl sites for hydroxylation is 1. The van der Waals surface area contributed by atoms with Crippen LogP contribution in [0.25, 0.3) is 0 Å². The van der Waals surface area contributed by atoms with Gasteiger partial charge in [-0.3, -0.25) is 0 Å². The van der Waals surface area contributed by atoms with E-state index in [1.54, 1.807) is 13.0 Å². The van der Waals surface area contributed by atoms with Gasteiger partial charge < -0.3 is 20.5 Å². The van der Waals surface area contributed by atoms with Crippen molar-refractivity contribution in [1.29, 1.82) is 0 Å². The second-order valence-electron chi connectivity index (χ2n) is 6.17. The van der Waals surface area contributed by atoms with E-state index < -0.39 is 10.0 Å². The van der Waals surface area contributed by atoms with Gasteiger partial charge in [-0.05, 0) is 42.3 Å². The van der Waals surface area contributed by atoms with Crippen LogP contribution in [0.15, 0.2) is 46.3 Å². The summed E-state index contributed by atoms with van der Waals surface area (Å²) in [6.07, 6.45) is 0.838. The van der Waals surface area contributed by atoms with Crippen molar-refractivity contribution in [3.05, 3.63) is 47.5 Å². The Morgan fingerprint density at radius 2 is 1.89 bits per heavy atom. The minimum absolute atomic E-state index is 0.0750. The van der Waals surface area contributed by atoms with Crippen molar-refractivity contribution in [2.45, 2.75) is 24.8 Å². The first-order valence-corrected chi connectivity index (χ1v) is 9.96. The Bertz CT molecular complexity index is 973. The number of benzene rings is 2. The molecular weight excluding hydrogens is 368 g/mol. The summed E-state index contributed by atoms with van der Waals surface area (Å²) in [6.45, 7) is 3.34. The largest absolute Gasteiger partial charge is 0.490 e. The van der Waals surface area contributed by atoms with Crippen molar-refractivity contribution in [3.63, 3.8) is 0 Å². The number of guanidine groups is 1. The molecule has 2 aromatic carbocycles. The number of ether oxygens (including phenoxy) is 2. The maximum atomic E-state index is 11.4. The summed E-state index contributed by atoms with van der Waals surface area (Å²) in [6, 6.07) is 10.1. The highest BCUT2D eigenvalue weighted by Crippen LogP contribution is 2.32. The molecule has 2 aromatic rings. The second kappa shape index (κ2) is 7.85. The van der Waals surface area contributed by atoms with Crippen LogP contribution in [-0.2, 0) is 16.6 Å². The fraction of sp³-hybridized carbons (Fsp3) is 0.278. The summed E-state index contributed by atoms with van der Waals surface area (Å²) in [5.74, 6) is 1.61. The lowest BCUT2D eigenvalue weighted by molar-refractivity contribution is 0.297. The SMILES string of the molecule is Cc1cc(S(N)(=O)=O)ccc1CN=C(N)Nc1ccc2c(c1)OCCCO2. The minimum atomic E-state index is -3.72. The van der Waals surface area contributed by atoms with E-state index >= 15 is 0 Å². The van der Waals surface area contributed by atoms with E-state index in [1.807, 2.05) is 18.2 Å². The van der Waals surface area contributed by atoms with Gasteiger partial charge in [0.25, 0.3) is 0 Å². The normalized spacial score (nSPS) is 14.5. The van der Waals surface area contributed by atoms with Crippen molar-refractivity contribution in [2.24, 2.45) is 15.9 Å². The van der Waals surface area contributed by atoms with E-state index in [1.165, 1.54) is 12.1 Å². The Morgan fingerprint density at radius 3 is 2.59 bits per heavy atom. The monoisotopic (exact) mass is 390 g/mol. The Balaban J connectivity index is 1.69. The summed E-state index contributed by atoms with van der Waals surface area (Å²) in [5.41, 5.74) is 8.32. The van der Waals surface area contributed by atoms with Crippen LogP contribution in [0.4, 0.5) is 5.69 Å². The zero-order valence-corrected chi connectivity index (χ0v) is 15.8. The van der Waals surface area contributed by atoms with Crippen LogP contribution < -0.4 is 25.7 Å². The molecule has 9 heteroatoms. The number of hydrogen-bond acceptors (Lipinski definition) is 5. The first-order chi connectivity index (χ1) is 12.8. The second-order valence-corrected chi connectivity index (χ2v) is 7.73. The van der Waals surface area contributed by atoms with Gasteiger partial charge in [-0.1, -0.05) is 6.07 Å². The number of nitrogens with two attached hydrogens (primary N) is 2. The van der Waals surface area contributed by atoms with Crippen molar-refractivity contribution >= 4 is 21.7 Å². The molecule has 0 fully saturated rings. The molecule has 27 heavy (non-hydrogen) atoms. The lowest BCUT2D eigenvalue weighted by Crippen LogP contribution is -2.22. The molecular formula is C18H22N4O4S. The number of anilines is 1. The molecule has 1 aliphatic heterocycles. The predicted molar refractivity (Wildman–Crippen MR) is 104 cm³/mol. The Kier molecular flexibility index (Phi) is 5.52. The van der Waals surface area contributed by atoms with E-state index in [2.05, 4.69) is 10.3 Å². The number of sulfonamides is 1. The van der Waals surface area contributed by atoms with Crippen LogP contribution in [0.3, 0.4) is 0 Å². The zero-order valence-electron chi connectivity index (χ0n) is 14.9. The third-order valence-corrected chi connectivity index (χ3v) is 4.99. The van der Waals surface area contributed by atoms with Crippen LogP contribution in [0, 0.1) is 6.92 Å². The fourth-order valence-electron chi connectivity index (χ4n) is 2.62. The number of aliphatic imine (C=N–C) groups is 1. The molecule has 0 unspecified atom stereocenters. The number of fused-ring (bicyclic) bond motifs is 1. The quantitative estimate of drug-likeness (QED) is 0.539. The van der Waals surface area contributed by atoms with E-state index in [4.69, 9.17) is 20.3 Å². The molecule has 144 valence electrons.